The summed E-state index contributed by atoms with van der Waals surface area (Å²) in [6.45, 7) is 3.39. The molecule has 0 radical (unpaired) electrons. The third-order valence-corrected chi connectivity index (χ3v) is 5.00. The molecule has 0 saturated carbocycles. The van der Waals surface area contributed by atoms with Crippen molar-refractivity contribution in [3.8, 4) is 0 Å². The Hall–Kier alpha value is -2.08. The molecule has 2 rings (SSSR count). The van der Waals surface area contributed by atoms with Crippen LogP contribution in [0.25, 0.3) is 0 Å². The normalized spacial score (nSPS) is 17.8. The zero-order valence-electron chi connectivity index (χ0n) is 14.8. The number of aliphatic carboxylic acids is 1. The van der Waals surface area contributed by atoms with E-state index in [9.17, 15) is 14.7 Å². The number of hydrogen-bond donors (Lipinski definition) is 3. The molecule has 0 spiro atoms. The van der Waals surface area contributed by atoms with E-state index < -0.39 is 5.97 Å². The van der Waals surface area contributed by atoms with E-state index in [2.05, 4.69) is 5.32 Å². The van der Waals surface area contributed by atoms with Crippen molar-refractivity contribution in [2.24, 2.45) is 5.41 Å². The maximum Gasteiger partial charge on any atom is 0.317 e. The Morgan fingerprint density at radius 2 is 1.88 bits per heavy atom. The van der Waals surface area contributed by atoms with Gasteiger partial charge in [-0.15, -0.1) is 0 Å². The molecule has 138 valence electrons. The van der Waals surface area contributed by atoms with Crippen molar-refractivity contribution in [1.82, 2.24) is 10.2 Å². The minimum Gasteiger partial charge on any atom is -0.481 e. The van der Waals surface area contributed by atoms with Crippen molar-refractivity contribution in [1.29, 1.82) is 0 Å². The molecule has 6 heteroatoms. The third kappa shape index (κ3) is 6.05. The third-order valence-electron chi connectivity index (χ3n) is 5.00. The number of amides is 2. The van der Waals surface area contributed by atoms with E-state index >= 15 is 0 Å². The van der Waals surface area contributed by atoms with Crippen LogP contribution in [-0.2, 0) is 11.2 Å². The van der Waals surface area contributed by atoms with Crippen LogP contribution < -0.4 is 5.32 Å². The number of nitrogens with zero attached hydrogens (tertiary/aromatic N) is 1. The summed E-state index contributed by atoms with van der Waals surface area (Å²) < 4.78 is 0. The standard InChI is InChI=1S/C19H28N2O4/c1-19(14-22)9-11-21(12-10-19)18(25)20-16(7-8-17(23)24)13-15-5-3-2-4-6-15/h2-6,16,22H,7-14H2,1H3,(H,20,25)(H,23,24). The molecule has 0 bridgehead atoms. The first kappa shape index (κ1) is 19.2. The fourth-order valence-electron chi connectivity index (χ4n) is 3.10. The minimum atomic E-state index is -0.857. The van der Waals surface area contributed by atoms with Gasteiger partial charge in [-0.1, -0.05) is 37.3 Å². The van der Waals surface area contributed by atoms with Crippen molar-refractivity contribution < 1.29 is 19.8 Å². The summed E-state index contributed by atoms with van der Waals surface area (Å²) in [5, 5.41) is 21.4. The molecule has 1 aliphatic heterocycles. The van der Waals surface area contributed by atoms with E-state index in [0.29, 0.717) is 25.9 Å². The highest BCUT2D eigenvalue weighted by Crippen LogP contribution is 2.30. The summed E-state index contributed by atoms with van der Waals surface area (Å²) in [6.07, 6.45) is 2.59. The Kier molecular flexibility index (Phi) is 6.82. The zero-order valence-corrected chi connectivity index (χ0v) is 14.8. The Labute approximate surface area is 148 Å². The van der Waals surface area contributed by atoms with Gasteiger partial charge < -0.3 is 20.4 Å². The van der Waals surface area contributed by atoms with Crippen LogP contribution >= 0.6 is 0 Å². The van der Waals surface area contributed by atoms with Crippen LogP contribution in [0.2, 0.25) is 0 Å². The fraction of sp³-hybridized carbons (Fsp3) is 0.579. The summed E-state index contributed by atoms with van der Waals surface area (Å²) in [6, 6.07) is 9.40. The van der Waals surface area contributed by atoms with Crippen LogP contribution in [0, 0.1) is 5.41 Å². The number of aliphatic hydroxyl groups is 1. The number of carbonyl (C=O) groups is 2. The maximum atomic E-state index is 12.5. The molecule has 1 fully saturated rings. The Morgan fingerprint density at radius 3 is 2.44 bits per heavy atom. The molecule has 25 heavy (non-hydrogen) atoms. The molecule has 1 heterocycles. The van der Waals surface area contributed by atoms with Crippen LogP contribution in [-0.4, -0.2) is 52.9 Å². The topological polar surface area (TPSA) is 89.9 Å². The maximum absolute atomic E-state index is 12.5. The Morgan fingerprint density at radius 1 is 1.24 bits per heavy atom. The summed E-state index contributed by atoms with van der Waals surface area (Å²) in [7, 11) is 0. The van der Waals surface area contributed by atoms with Gasteiger partial charge in [0.1, 0.15) is 0 Å². The average Bonchev–Trinajstić information content (AvgIpc) is 2.61. The summed E-state index contributed by atoms with van der Waals surface area (Å²) in [5.41, 5.74) is 0.966. The van der Waals surface area contributed by atoms with E-state index in [4.69, 9.17) is 5.11 Å². The number of carbonyl (C=O) groups excluding carboxylic acids is 1. The van der Waals surface area contributed by atoms with E-state index in [0.717, 1.165) is 18.4 Å². The second kappa shape index (κ2) is 8.85. The number of urea groups is 1. The molecular formula is C19H28N2O4. The van der Waals surface area contributed by atoms with Gasteiger partial charge in [0.05, 0.1) is 0 Å². The molecular weight excluding hydrogens is 320 g/mol. The predicted octanol–water partition coefficient (Wildman–Crippen LogP) is 2.27. The van der Waals surface area contributed by atoms with Crippen molar-refractivity contribution in [2.45, 2.75) is 45.1 Å². The first-order valence-electron chi connectivity index (χ1n) is 8.84. The summed E-state index contributed by atoms with van der Waals surface area (Å²) >= 11 is 0. The van der Waals surface area contributed by atoms with E-state index in [1.54, 1.807) is 4.90 Å². The molecule has 6 nitrogen and oxygen atoms in total. The number of carboxylic acid groups (broad SMARTS) is 1. The molecule has 0 aliphatic carbocycles. The van der Waals surface area contributed by atoms with Crippen LogP contribution in [0.15, 0.2) is 30.3 Å². The molecule has 1 saturated heterocycles. The van der Waals surface area contributed by atoms with Crippen LogP contribution in [0.4, 0.5) is 4.79 Å². The van der Waals surface area contributed by atoms with E-state index in [1.807, 2.05) is 37.3 Å². The van der Waals surface area contributed by atoms with Gasteiger partial charge in [-0.2, -0.15) is 0 Å². The SMILES string of the molecule is CC1(CO)CCN(C(=O)NC(CCC(=O)O)Cc2ccccc2)CC1. The first-order chi connectivity index (χ1) is 11.9. The number of rotatable bonds is 7. The first-order valence-corrected chi connectivity index (χ1v) is 8.84. The monoisotopic (exact) mass is 348 g/mol. The summed E-state index contributed by atoms with van der Waals surface area (Å²) in [4.78, 5) is 25.2. The van der Waals surface area contributed by atoms with Crippen LogP contribution in [0.3, 0.4) is 0 Å². The Balaban J connectivity index is 1.93. The molecule has 3 N–H and O–H groups in total. The number of piperidine rings is 1. The van der Waals surface area contributed by atoms with Gasteiger partial charge >= 0.3 is 12.0 Å². The lowest BCUT2D eigenvalue weighted by Crippen LogP contribution is -2.50. The number of hydrogen-bond acceptors (Lipinski definition) is 3. The van der Waals surface area contributed by atoms with Gasteiger partial charge in [0.25, 0.3) is 0 Å². The lowest BCUT2D eigenvalue weighted by Gasteiger charge is -2.38. The number of carboxylic acids is 1. The van der Waals surface area contributed by atoms with Gasteiger partial charge in [0.15, 0.2) is 0 Å². The van der Waals surface area contributed by atoms with Crippen molar-refractivity contribution >= 4 is 12.0 Å². The lowest BCUT2D eigenvalue weighted by molar-refractivity contribution is -0.137. The van der Waals surface area contributed by atoms with Crippen LogP contribution in [0.5, 0.6) is 0 Å². The van der Waals surface area contributed by atoms with E-state index in [1.165, 1.54) is 0 Å². The highest BCUT2D eigenvalue weighted by molar-refractivity contribution is 5.75. The summed E-state index contributed by atoms with van der Waals surface area (Å²) in [5.74, 6) is -0.857. The van der Waals surface area contributed by atoms with Gasteiger partial charge in [0, 0.05) is 32.2 Å². The van der Waals surface area contributed by atoms with E-state index in [-0.39, 0.29) is 30.5 Å². The van der Waals surface area contributed by atoms with Gasteiger partial charge in [0.2, 0.25) is 0 Å². The second-order valence-corrected chi connectivity index (χ2v) is 7.22. The molecule has 1 aromatic carbocycles. The van der Waals surface area contributed by atoms with Gasteiger partial charge in [-0.05, 0) is 36.7 Å². The molecule has 1 aliphatic rings. The quantitative estimate of drug-likeness (QED) is 0.705. The molecule has 1 atom stereocenters. The van der Waals surface area contributed by atoms with Crippen molar-refractivity contribution in [3.63, 3.8) is 0 Å². The average molecular weight is 348 g/mol. The highest BCUT2D eigenvalue weighted by Gasteiger charge is 2.31. The van der Waals surface area contributed by atoms with Gasteiger partial charge in [-0.25, -0.2) is 4.79 Å². The number of benzene rings is 1. The number of likely N-dealkylation sites (tertiary alicyclic amines) is 1. The number of aliphatic hydroxyl groups excluding tert-OH is 1. The number of nitrogens with one attached hydrogen (secondary N) is 1. The molecule has 1 aromatic rings. The van der Waals surface area contributed by atoms with Gasteiger partial charge in [-0.3, -0.25) is 4.79 Å². The molecule has 2 amide bonds. The van der Waals surface area contributed by atoms with Crippen molar-refractivity contribution in [2.75, 3.05) is 19.7 Å². The fourth-order valence-corrected chi connectivity index (χ4v) is 3.10. The smallest absolute Gasteiger partial charge is 0.317 e. The van der Waals surface area contributed by atoms with Crippen molar-refractivity contribution in [3.05, 3.63) is 35.9 Å². The second-order valence-electron chi connectivity index (χ2n) is 7.22. The predicted molar refractivity (Wildman–Crippen MR) is 95.3 cm³/mol. The molecule has 0 aromatic heterocycles. The molecule has 1 unspecified atom stereocenters. The Bertz CT molecular complexity index is 568. The minimum absolute atomic E-state index is 0.0281. The lowest BCUT2D eigenvalue weighted by atomic mass is 9.81. The zero-order chi connectivity index (χ0) is 18.3. The highest BCUT2D eigenvalue weighted by atomic mass is 16.4. The van der Waals surface area contributed by atoms with Crippen LogP contribution in [0.1, 0.15) is 38.2 Å². The largest absolute Gasteiger partial charge is 0.481 e.